The molecule has 0 aromatic carbocycles. The zero-order chi connectivity index (χ0) is 14.7. The number of carboxylic acids is 1. The Labute approximate surface area is 120 Å². The molecular weight excluding hydrogens is 282 g/mol. The molecule has 0 aliphatic carbocycles. The number of aryl methyl sites for hydroxylation is 1. The third-order valence-corrected chi connectivity index (χ3v) is 4.37. The number of carbonyl (C=O) groups is 2. The molecule has 1 saturated heterocycles. The highest BCUT2D eigenvalue weighted by Gasteiger charge is 2.42. The van der Waals surface area contributed by atoms with Crippen molar-refractivity contribution in [2.45, 2.75) is 19.1 Å². The number of aliphatic carboxylic acids is 1. The first-order chi connectivity index (χ1) is 9.56. The quantitative estimate of drug-likeness (QED) is 0.879. The van der Waals surface area contributed by atoms with Gasteiger partial charge in [-0.2, -0.15) is 0 Å². The second-order valence-electron chi connectivity index (χ2n) is 4.56. The zero-order valence-electron chi connectivity index (χ0n) is 11.4. The number of amides is 1. The lowest BCUT2D eigenvalue weighted by Crippen LogP contribution is -2.52. The van der Waals surface area contributed by atoms with Crippen LogP contribution in [0.25, 0.3) is 0 Å². The first kappa shape index (κ1) is 15.0. The normalized spacial score (nSPS) is 23.1. The minimum absolute atomic E-state index is 0.207. The van der Waals surface area contributed by atoms with Gasteiger partial charge in [-0.3, -0.25) is 4.79 Å². The Kier molecular flexibility index (Phi) is 4.74. The maximum absolute atomic E-state index is 12.0. The van der Waals surface area contributed by atoms with E-state index in [1.807, 2.05) is 18.4 Å². The van der Waals surface area contributed by atoms with Crippen LogP contribution in [0.15, 0.2) is 11.4 Å². The van der Waals surface area contributed by atoms with Crippen molar-refractivity contribution >= 4 is 23.2 Å². The fraction of sp³-hybridized carbons (Fsp3) is 0.538. The van der Waals surface area contributed by atoms with Crippen LogP contribution in [0.1, 0.15) is 16.5 Å². The Hall–Kier alpha value is -1.44. The van der Waals surface area contributed by atoms with Crippen molar-refractivity contribution in [1.82, 2.24) is 4.90 Å². The Balaban J connectivity index is 2.36. The molecule has 1 N–H and O–H groups in total. The molecular formula is C13H17NO5S. The highest BCUT2D eigenvalue weighted by molar-refractivity contribution is 7.10. The maximum Gasteiger partial charge on any atom is 0.335 e. The van der Waals surface area contributed by atoms with Crippen LogP contribution < -0.4 is 0 Å². The highest BCUT2D eigenvalue weighted by Crippen LogP contribution is 2.35. The van der Waals surface area contributed by atoms with E-state index in [9.17, 15) is 14.7 Å². The van der Waals surface area contributed by atoms with Crippen molar-refractivity contribution in [3.05, 3.63) is 21.9 Å². The van der Waals surface area contributed by atoms with Crippen LogP contribution in [-0.4, -0.2) is 54.9 Å². The van der Waals surface area contributed by atoms with Gasteiger partial charge in [-0.15, -0.1) is 11.3 Å². The first-order valence-electron chi connectivity index (χ1n) is 6.23. The Morgan fingerprint density at radius 3 is 2.95 bits per heavy atom. The van der Waals surface area contributed by atoms with Crippen LogP contribution in [-0.2, 0) is 19.1 Å². The molecule has 1 aliphatic heterocycles. The summed E-state index contributed by atoms with van der Waals surface area (Å²) in [6.07, 6.45) is -1.04. The smallest absolute Gasteiger partial charge is 0.335 e. The van der Waals surface area contributed by atoms with Crippen molar-refractivity contribution in [3.8, 4) is 0 Å². The SMILES string of the molecule is COCCN1C(=O)COC(C(=O)O)C1c1sccc1C. The third kappa shape index (κ3) is 2.84. The van der Waals surface area contributed by atoms with E-state index in [2.05, 4.69) is 0 Å². The lowest BCUT2D eigenvalue weighted by molar-refractivity contribution is -0.173. The van der Waals surface area contributed by atoms with E-state index < -0.39 is 18.1 Å². The molecule has 6 nitrogen and oxygen atoms in total. The lowest BCUT2D eigenvalue weighted by Gasteiger charge is -2.39. The van der Waals surface area contributed by atoms with Crippen molar-refractivity contribution in [2.24, 2.45) is 0 Å². The van der Waals surface area contributed by atoms with E-state index in [-0.39, 0.29) is 12.5 Å². The van der Waals surface area contributed by atoms with Crippen molar-refractivity contribution in [1.29, 1.82) is 0 Å². The van der Waals surface area contributed by atoms with Gasteiger partial charge in [-0.25, -0.2) is 4.79 Å². The summed E-state index contributed by atoms with van der Waals surface area (Å²) in [5.41, 5.74) is 0.965. The highest BCUT2D eigenvalue weighted by atomic mass is 32.1. The summed E-state index contributed by atoms with van der Waals surface area (Å²) in [7, 11) is 1.55. The van der Waals surface area contributed by atoms with Crippen molar-refractivity contribution in [2.75, 3.05) is 26.9 Å². The van der Waals surface area contributed by atoms with Crippen LogP contribution in [0.3, 0.4) is 0 Å². The number of hydrogen-bond donors (Lipinski definition) is 1. The molecule has 2 rings (SSSR count). The lowest BCUT2D eigenvalue weighted by atomic mass is 10.0. The van der Waals surface area contributed by atoms with Gasteiger partial charge in [0.1, 0.15) is 12.6 Å². The monoisotopic (exact) mass is 299 g/mol. The molecule has 2 unspecified atom stereocenters. The number of nitrogens with zero attached hydrogens (tertiary/aromatic N) is 1. The standard InChI is InChI=1S/C13H17NO5S/c1-8-3-6-20-12(8)10-11(13(16)17)19-7-9(15)14(10)4-5-18-2/h3,6,10-11H,4-5,7H2,1-2H3,(H,16,17). The van der Waals surface area contributed by atoms with Gasteiger partial charge in [0, 0.05) is 18.5 Å². The topological polar surface area (TPSA) is 76.1 Å². The Bertz CT molecular complexity index is 501. The molecule has 1 amide bonds. The summed E-state index contributed by atoms with van der Waals surface area (Å²) >= 11 is 1.44. The van der Waals surface area contributed by atoms with Gasteiger partial charge in [-0.1, -0.05) is 0 Å². The van der Waals surface area contributed by atoms with E-state index in [0.29, 0.717) is 13.2 Å². The van der Waals surface area contributed by atoms with Crippen LogP contribution in [0.5, 0.6) is 0 Å². The molecule has 0 spiro atoms. The van der Waals surface area contributed by atoms with E-state index in [4.69, 9.17) is 9.47 Å². The third-order valence-electron chi connectivity index (χ3n) is 3.28. The number of hydrogen-bond acceptors (Lipinski definition) is 5. The fourth-order valence-electron chi connectivity index (χ4n) is 2.28. The van der Waals surface area contributed by atoms with Gasteiger partial charge >= 0.3 is 5.97 Å². The molecule has 7 heteroatoms. The molecule has 0 radical (unpaired) electrons. The van der Waals surface area contributed by atoms with Crippen molar-refractivity contribution in [3.63, 3.8) is 0 Å². The summed E-state index contributed by atoms with van der Waals surface area (Å²) in [4.78, 5) is 25.8. The molecule has 0 saturated carbocycles. The number of ether oxygens (including phenoxy) is 2. The molecule has 110 valence electrons. The summed E-state index contributed by atoms with van der Waals surface area (Å²) < 4.78 is 10.2. The second-order valence-corrected chi connectivity index (χ2v) is 5.51. The predicted molar refractivity (Wildman–Crippen MR) is 72.8 cm³/mol. The summed E-state index contributed by atoms with van der Waals surface area (Å²) in [6.45, 7) is 2.41. The van der Waals surface area contributed by atoms with Crippen LogP contribution in [0.2, 0.25) is 0 Å². The predicted octanol–water partition coefficient (Wildman–Crippen LogP) is 1.06. The van der Waals surface area contributed by atoms with E-state index in [0.717, 1.165) is 10.4 Å². The number of morpholine rings is 1. The molecule has 1 fully saturated rings. The van der Waals surface area contributed by atoms with Crippen LogP contribution in [0.4, 0.5) is 0 Å². The number of thiophene rings is 1. The number of carbonyl (C=O) groups excluding carboxylic acids is 1. The molecule has 2 heterocycles. The molecule has 1 aromatic heterocycles. The summed E-state index contributed by atoms with van der Waals surface area (Å²) in [5, 5.41) is 11.2. The molecule has 0 bridgehead atoms. The van der Waals surface area contributed by atoms with Gasteiger partial charge < -0.3 is 19.5 Å². The number of rotatable bonds is 5. The summed E-state index contributed by atoms with van der Waals surface area (Å²) in [5.74, 6) is -1.27. The molecule has 2 atom stereocenters. The van der Waals surface area contributed by atoms with Crippen LogP contribution in [0, 0.1) is 6.92 Å². The second kappa shape index (κ2) is 6.34. The Morgan fingerprint density at radius 2 is 2.40 bits per heavy atom. The van der Waals surface area contributed by atoms with E-state index in [1.54, 1.807) is 12.0 Å². The van der Waals surface area contributed by atoms with Gasteiger partial charge in [0.2, 0.25) is 5.91 Å². The van der Waals surface area contributed by atoms with Gasteiger partial charge in [0.05, 0.1) is 6.61 Å². The van der Waals surface area contributed by atoms with E-state index >= 15 is 0 Å². The maximum atomic E-state index is 12.0. The average Bonchev–Trinajstić information content (AvgIpc) is 2.82. The number of methoxy groups -OCH3 is 1. The molecule has 1 aliphatic rings. The average molecular weight is 299 g/mol. The number of carboxylic acid groups (broad SMARTS) is 1. The van der Waals surface area contributed by atoms with Gasteiger partial charge in [0.15, 0.2) is 6.10 Å². The minimum Gasteiger partial charge on any atom is -0.479 e. The van der Waals surface area contributed by atoms with Gasteiger partial charge in [0.25, 0.3) is 0 Å². The minimum atomic E-state index is -1.06. The summed E-state index contributed by atoms with van der Waals surface area (Å²) in [6, 6.07) is 1.32. The zero-order valence-corrected chi connectivity index (χ0v) is 12.2. The van der Waals surface area contributed by atoms with Crippen LogP contribution >= 0.6 is 11.3 Å². The van der Waals surface area contributed by atoms with Gasteiger partial charge in [-0.05, 0) is 23.9 Å². The van der Waals surface area contributed by atoms with Crippen molar-refractivity contribution < 1.29 is 24.2 Å². The largest absolute Gasteiger partial charge is 0.479 e. The molecule has 1 aromatic rings. The molecule has 20 heavy (non-hydrogen) atoms. The Morgan fingerprint density at radius 1 is 1.65 bits per heavy atom. The fourth-order valence-corrected chi connectivity index (χ4v) is 3.34. The van der Waals surface area contributed by atoms with E-state index in [1.165, 1.54) is 11.3 Å². The first-order valence-corrected chi connectivity index (χ1v) is 7.11.